The Kier molecular flexibility index (Phi) is 8.87. The van der Waals surface area contributed by atoms with Crippen LogP contribution < -0.4 is 0 Å². The van der Waals surface area contributed by atoms with Crippen LogP contribution in [0.5, 0.6) is 0 Å². The lowest BCUT2D eigenvalue weighted by Crippen LogP contribution is -2.48. The first kappa shape index (κ1) is 27.3. The van der Waals surface area contributed by atoms with Crippen molar-refractivity contribution in [2.75, 3.05) is 33.2 Å². The van der Waals surface area contributed by atoms with Gasteiger partial charge in [0.15, 0.2) is 0 Å². The van der Waals surface area contributed by atoms with Gasteiger partial charge in [0.1, 0.15) is 0 Å². The highest BCUT2D eigenvalue weighted by atomic mass is 35.5. The molecule has 1 unspecified atom stereocenters. The van der Waals surface area contributed by atoms with Crippen LogP contribution in [0.2, 0.25) is 15.1 Å². The fourth-order valence-electron chi connectivity index (χ4n) is 5.48. The third-order valence-electron chi connectivity index (χ3n) is 7.78. The minimum Gasteiger partial charge on any atom is -0.341 e. The van der Waals surface area contributed by atoms with Crippen molar-refractivity contribution in [1.29, 1.82) is 0 Å². The van der Waals surface area contributed by atoms with Gasteiger partial charge in [0.25, 0.3) is 0 Å². The molecule has 1 atom stereocenters. The van der Waals surface area contributed by atoms with Crippen LogP contribution >= 0.6 is 34.8 Å². The van der Waals surface area contributed by atoms with Crippen LogP contribution in [0.25, 0.3) is 0 Å². The minimum absolute atomic E-state index is 0.0124. The maximum absolute atomic E-state index is 14.0. The number of halogens is 3. The predicted octanol–water partition coefficient (Wildman–Crippen LogP) is 6.04. The molecule has 2 aromatic carbocycles. The molecule has 0 bridgehead atoms. The van der Waals surface area contributed by atoms with E-state index in [4.69, 9.17) is 34.8 Å². The van der Waals surface area contributed by atoms with E-state index >= 15 is 0 Å². The zero-order valence-electron chi connectivity index (χ0n) is 21.0. The molecule has 2 amide bonds. The van der Waals surface area contributed by atoms with E-state index in [2.05, 4.69) is 9.80 Å². The van der Waals surface area contributed by atoms with E-state index in [0.29, 0.717) is 46.4 Å². The molecule has 0 aromatic heterocycles. The van der Waals surface area contributed by atoms with Gasteiger partial charge in [-0.15, -0.1) is 0 Å². The summed E-state index contributed by atoms with van der Waals surface area (Å²) >= 11 is 18.9. The molecule has 2 aromatic rings. The van der Waals surface area contributed by atoms with Crippen molar-refractivity contribution >= 4 is 46.6 Å². The van der Waals surface area contributed by atoms with Gasteiger partial charge in [-0.2, -0.15) is 0 Å². The normalized spacial score (nSPS) is 18.9. The van der Waals surface area contributed by atoms with Crippen LogP contribution in [-0.4, -0.2) is 65.8 Å². The Balaban J connectivity index is 1.47. The van der Waals surface area contributed by atoms with Crippen LogP contribution in [0.4, 0.5) is 0 Å². The standard InChI is InChI=1S/C28H34Cl3N3O2/c1-28(21-9-10-24(30)25(31)18-21,27(36)32(2)19-20-6-3-4-7-23(20)29)13-17-33-15-11-22(12-16-33)34-14-5-8-26(34)35/h3-4,6-7,9-10,18,22H,5,8,11-17,19H2,1-2H3. The number of likely N-dealkylation sites (N-methyl/N-ethyl adjacent to an activating group) is 1. The van der Waals surface area contributed by atoms with E-state index in [9.17, 15) is 9.59 Å². The molecule has 36 heavy (non-hydrogen) atoms. The Bertz CT molecular complexity index is 1100. The number of carbonyl (C=O) groups excluding carboxylic acids is 2. The molecule has 0 spiro atoms. The molecule has 2 saturated heterocycles. The molecular weight excluding hydrogens is 517 g/mol. The summed E-state index contributed by atoms with van der Waals surface area (Å²) < 4.78 is 0. The van der Waals surface area contributed by atoms with Gasteiger partial charge in [-0.3, -0.25) is 9.59 Å². The summed E-state index contributed by atoms with van der Waals surface area (Å²) in [5.41, 5.74) is 0.974. The fraction of sp³-hybridized carbons (Fsp3) is 0.500. The number of likely N-dealkylation sites (tertiary alicyclic amines) is 2. The smallest absolute Gasteiger partial charge is 0.233 e. The molecule has 8 heteroatoms. The molecule has 0 saturated carbocycles. The van der Waals surface area contributed by atoms with Crippen LogP contribution in [0, 0.1) is 0 Å². The van der Waals surface area contributed by atoms with Crippen molar-refractivity contribution in [3.63, 3.8) is 0 Å². The first-order valence-corrected chi connectivity index (χ1v) is 13.8. The van der Waals surface area contributed by atoms with Gasteiger partial charge in [-0.1, -0.05) is 59.1 Å². The van der Waals surface area contributed by atoms with Gasteiger partial charge < -0.3 is 14.7 Å². The number of carbonyl (C=O) groups is 2. The number of benzene rings is 2. The Hall–Kier alpha value is -1.79. The Morgan fingerprint density at radius 3 is 2.39 bits per heavy atom. The predicted molar refractivity (Wildman–Crippen MR) is 147 cm³/mol. The highest BCUT2D eigenvalue weighted by Gasteiger charge is 2.39. The van der Waals surface area contributed by atoms with Gasteiger partial charge in [0.05, 0.1) is 15.5 Å². The number of nitrogens with zero attached hydrogens (tertiary/aromatic N) is 3. The van der Waals surface area contributed by atoms with Crippen LogP contribution in [0.3, 0.4) is 0 Å². The van der Waals surface area contributed by atoms with E-state index in [1.54, 1.807) is 11.0 Å². The summed E-state index contributed by atoms with van der Waals surface area (Å²) in [5, 5.41) is 1.56. The molecule has 194 valence electrons. The number of piperidine rings is 1. The minimum atomic E-state index is -0.786. The molecule has 2 heterocycles. The summed E-state index contributed by atoms with van der Waals surface area (Å²) in [4.78, 5) is 32.3. The fourth-order valence-corrected chi connectivity index (χ4v) is 5.97. The summed E-state index contributed by atoms with van der Waals surface area (Å²) in [5.74, 6) is 0.311. The lowest BCUT2D eigenvalue weighted by Gasteiger charge is -2.39. The van der Waals surface area contributed by atoms with E-state index in [-0.39, 0.29) is 5.91 Å². The Labute approximate surface area is 229 Å². The third kappa shape index (κ3) is 6.02. The summed E-state index contributed by atoms with van der Waals surface area (Å²) in [7, 11) is 1.82. The number of hydrogen-bond donors (Lipinski definition) is 0. The van der Waals surface area contributed by atoms with Gasteiger partial charge in [0.2, 0.25) is 11.8 Å². The largest absolute Gasteiger partial charge is 0.341 e. The molecule has 0 N–H and O–H groups in total. The van der Waals surface area contributed by atoms with E-state index < -0.39 is 5.41 Å². The first-order chi connectivity index (χ1) is 17.2. The summed E-state index contributed by atoms with van der Waals surface area (Å²) in [6, 6.07) is 13.4. The molecule has 2 aliphatic rings. The molecule has 4 rings (SSSR count). The lowest BCUT2D eigenvalue weighted by atomic mass is 9.77. The zero-order valence-corrected chi connectivity index (χ0v) is 23.2. The maximum atomic E-state index is 14.0. The van der Waals surface area contributed by atoms with Gasteiger partial charge >= 0.3 is 0 Å². The molecule has 0 radical (unpaired) electrons. The molecule has 0 aliphatic carbocycles. The summed E-state index contributed by atoms with van der Waals surface area (Å²) in [6.07, 6.45) is 4.27. The molecule has 2 fully saturated rings. The van der Waals surface area contributed by atoms with Gasteiger partial charge in [-0.25, -0.2) is 0 Å². The van der Waals surface area contributed by atoms with Crippen molar-refractivity contribution in [2.24, 2.45) is 0 Å². The summed E-state index contributed by atoms with van der Waals surface area (Å²) in [6.45, 7) is 5.94. The van der Waals surface area contributed by atoms with E-state index in [0.717, 1.165) is 56.6 Å². The van der Waals surface area contributed by atoms with Crippen molar-refractivity contribution in [1.82, 2.24) is 14.7 Å². The second-order valence-electron chi connectivity index (χ2n) is 10.2. The van der Waals surface area contributed by atoms with Crippen LogP contribution in [-0.2, 0) is 21.5 Å². The second-order valence-corrected chi connectivity index (χ2v) is 11.4. The van der Waals surface area contributed by atoms with Crippen molar-refractivity contribution < 1.29 is 9.59 Å². The van der Waals surface area contributed by atoms with Crippen molar-refractivity contribution in [3.8, 4) is 0 Å². The van der Waals surface area contributed by atoms with E-state index in [1.165, 1.54) is 0 Å². The highest BCUT2D eigenvalue weighted by Crippen LogP contribution is 2.35. The molecule has 5 nitrogen and oxygen atoms in total. The van der Waals surface area contributed by atoms with Crippen molar-refractivity contribution in [2.45, 2.75) is 57.0 Å². The topological polar surface area (TPSA) is 43.9 Å². The molecule has 2 aliphatic heterocycles. The number of hydrogen-bond acceptors (Lipinski definition) is 3. The number of amides is 2. The number of rotatable bonds is 8. The van der Waals surface area contributed by atoms with Gasteiger partial charge in [0, 0.05) is 50.7 Å². The monoisotopic (exact) mass is 549 g/mol. The quantitative estimate of drug-likeness (QED) is 0.402. The van der Waals surface area contributed by atoms with E-state index in [1.807, 2.05) is 50.4 Å². The average molecular weight is 551 g/mol. The van der Waals surface area contributed by atoms with Crippen LogP contribution in [0.15, 0.2) is 42.5 Å². The maximum Gasteiger partial charge on any atom is 0.233 e. The highest BCUT2D eigenvalue weighted by molar-refractivity contribution is 6.42. The lowest BCUT2D eigenvalue weighted by molar-refractivity contribution is -0.136. The Morgan fingerprint density at radius 2 is 1.75 bits per heavy atom. The third-order valence-corrected chi connectivity index (χ3v) is 8.88. The second kappa shape index (κ2) is 11.7. The average Bonchev–Trinajstić information content (AvgIpc) is 3.31. The first-order valence-electron chi connectivity index (χ1n) is 12.7. The van der Waals surface area contributed by atoms with Gasteiger partial charge in [-0.05, 0) is 68.5 Å². The molecular formula is C28H34Cl3N3O2. The zero-order chi connectivity index (χ0) is 25.9. The SMILES string of the molecule is CN(Cc1ccccc1Cl)C(=O)C(C)(CCN1CCC(N2CCCC2=O)CC1)c1ccc(Cl)c(Cl)c1. The van der Waals surface area contributed by atoms with Crippen molar-refractivity contribution in [3.05, 3.63) is 68.7 Å². The Morgan fingerprint density at radius 1 is 1.03 bits per heavy atom. The van der Waals surface area contributed by atoms with Crippen LogP contribution in [0.1, 0.15) is 50.2 Å².